The average Bonchev–Trinajstić information content (AvgIpc) is 3.49. The maximum atomic E-state index is 12.0. The van der Waals surface area contributed by atoms with Crippen LogP contribution in [-0.4, -0.2) is 41.4 Å². The number of rotatable bonds is 8. The van der Waals surface area contributed by atoms with Gasteiger partial charge in [-0.05, 0) is 91.9 Å². The molecular formula is C29H29N5O3S. The smallest absolute Gasteiger partial charge is 0.250 e. The molecule has 2 aromatic heterocycles. The van der Waals surface area contributed by atoms with E-state index in [9.17, 15) is 4.79 Å². The molecule has 1 amide bonds. The Morgan fingerprint density at radius 3 is 2.39 bits per heavy atom. The molecule has 2 aromatic carbocycles. The molecule has 1 saturated heterocycles. The van der Waals surface area contributed by atoms with Gasteiger partial charge in [0.25, 0.3) is 0 Å². The molecule has 0 saturated carbocycles. The minimum Gasteiger partial charge on any atom is -0.497 e. The number of thiocarbonyl (C=S) groups is 1. The number of pyridine rings is 1. The van der Waals surface area contributed by atoms with Gasteiger partial charge in [-0.1, -0.05) is 6.07 Å². The maximum Gasteiger partial charge on any atom is 0.250 e. The zero-order chi connectivity index (χ0) is 26.6. The molecule has 8 nitrogen and oxygen atoms in total. The van der Waals surface area contributed by atoms with Crippen LogP contribution in [0.2, 0.25) is 0 Å². The number of carbonyl (C=O) groups is 1. The first kappa shape index (κ1) is 25.4. The van der Waals surface area contributed by atoms with Crippen LogP contribution >= 0.6 is 12.2 Å². The number of anilines is 2. The lowest BCUT2D eigenvalue weighted by atomic mass is 10.0. The number of methoxy groups -OCH3 is 2. The zero-order valence-corrected chi connectivity index (χ0v) is 22.2. The average molecular weight is 528 g/mol. The van der Waals surface area contributed by atoms with Gasteiger partial charge in [0.15, 0.2) is 5.11 Å². The van der Waals surface area contributed by atoms with Gasteiger partial charge in [-0.15, -0.1) is 0 Å². The Bertz CT molecular complexity index is 1420. The second-order valence-electron chi connectivity index (χ2n) is 8.96. The number of nitrogens with one attached hydrogen (secondary N) is 2. The molecule has 1 aliphatic heterocycles. The highest BCUT2D eigenvalue weighted by atomic mass is 32.1. The maximum absolute atomic E-state index is 12.0. The Labute approximate surface area is 227 Å². The van der Waals surface area contributed by atoms with Crippen molar-refractivity contribution in [2.75, 3.05) is 31.0 Å². The van der Waals surface area contributed by atoms with E-state index in [2.05, 4.69) is 44.1 Å². The third kappa shape index (κ3) is 4.98. The Morgan fingerprint density at radius 1 is 1.00 bits per heavy atom. The van der Waals surface area contributed by atoms with E-state index in [4.69, 9.17) is 21.7 Å². The quantitative estimate of drug-likeness (QED) is 0.314. The first-order valence-corrected chi connectivity index (χ1v) is 12.6. The van der Waals surface area contributed by atoms with Crippen molar-refractivity contribution in [3.63, 3.8) is 0 Å². The van der Waals surface area contributed by atoms with Crippen molar-refractivity contribution in [2.24, 2.45) is 0 Å². The van der Waals surface area contributed by atoms with Crippen molar-refractivity contribution in [1.82, 2.24) is 14.9 Å². The molecule has 0 radical (unpaired) electrons. The highest BCUT2D eigenvalue weighted by molar-refractivity contribution is 7.80. The number of hydrogen-bond donors (Lipinski definition) is 2. The molecule has 38 heavy (non-hydrogen) atoms. The number of aromatic nitrogens is 2. The summed E-state index contributed by atoms with van der Waals surface area (Å²) in [6.07, 6.45) is 1.80. The summed E-state index contributed by atoms with van der Waals surface area (Å²) < 4.78 is 12.5. The largest absolute Gasteiger partial charge is 0.497 e. The monoisotopic (exact) mass is 527 g/mol. The minimum absolute atomic E-state index is 0.00257. The summed E-state index contributed by atoms with van der Waals surface area (Å²) in [4.78, 5) is 18.7. The number of benzene rings is 2. The van der Waals surface area contributed by atoms with Crippen molar-refractivity contribution < 1.29 is 14.3 Å². The third-order valence-electron chi connectivity index (χ3n) is 6.54. The lowest BCUT2D eigenvalue weighted by Gasteiger charge is -2.29. The fourth-order valence-corrected chi connectivity index (χ4v) is 5.19. The van der Waals surface area contributed by atoms with E-state index in [1.165, 1.54) is 7.11 Å². The summed E-state index contributed by atoms with van der Waals surface area (Å²) in [5.74, 6) is 0.592. The van der Waals surface area contributed by atoms with Gasteiger partial charge in [-0.2, -0.15) is 0 Å². The molecule has 2 atom stereocenters. The predicted molar refractivity (Wildman–Crippen MR) is 152 cm³/mol. The topological polar surface area (TPSA) is 80.7 Å². The van der Waals surface area contributed by atoms with Crippen molar-refractivity contribution in [3.05, 3.63) is 102 Å². The van der Waals surface area contributed by atoms with Gasteiger partial charge in [0, 0.05) is 41.8 Å². The van der Waals surface area contributed by atoms with E-state index in [0.717, 1.165) is 34.2 Å². The van der Waals surface area contributed by atoms with Crippen LogP contribution in [0.15, 0.2) is 85.1 Å². The number of amides is 1. The van der Waals surface area contributed by atoms with E-state index in [1.54, 1.807) is 13.3 Å². The van der Waals surface area contributed by atoms with Crippen LogP contribution in [0.3, 0.4) is 0 Å². The van der Waals surface area contributed by atoms with Crippen molar-refractivity contribution in [3.8, 4) is 11.4 Å². The summed E-state index contributed by atoms with van der Waals surface area (Å²) in [6.45, 7) is 2.09. The molecule has 0 unspecified atom stereocenters. The van der Waals surface area contributed by atoms with Crippen LogP contribution < -0.4 is 20.3 Å². The summed E-state index contributed by atoms with van der Waals surface area (Å²) in [6, 6.07) is 25.4. The fraction of sp³-hybridized carbons (Fsp3) is 0.207. The second kappa shape index (κ2) is 11.0. The number of aryl methyl sites for hydroxylation is 1. The van der Waals surface area contributed by atoms with Crippen LogP contribution in [0.4, 0.5) is 11.4 Å². The SMILES string of the molecule is COCC(=O)Nc1ccc(N2C(=S)N[C@@H](c3ccccn3)[C@H]2c2ccc(C)n2-c2ccc(OC)cc2)cc1. The summed E-state index contributed by atoms with van der Waals surface area (Å²) in [7, 11) is 3.15. The van der Waals surface area contributed by atoms with Gasteiger partial charge < -0.3 is 29.6 Å². The molecule has 1 fully saturated rings. The first-order valence-electron chi connectivity index (χ1n) is 12.2. The van der Waals surface area contributed by atoms with Crippen molar-refractivity contribution in [1.29, 1.82) is 0 Å². The molecule has 2 N–H and O–H groups in total. The lowest BCUT2D eigenvalue weighted by Crippen LogP contribution is -2.30. The van der Waals surface area contributed by atoms with Gasteiger partial charge in [-0.3, -0.25) is 9.78 Å². The van der Waals surface area contributed by atoms with Crippen LogP contribution in [0.25, 0.3) is 5.69 Å². The predicted octanol–water partition coefficient (Wildman–Crippen LogP) is 4.95. The summed E-state index contributed by atoms with van der Waals surface area (Å²) >= 11 is 5.89. The van der Waals surface area contributed by atoms with Gasteiger partial charge in [0.2, 0.25) is 5.91 Å². The van der Waals surface area contributed by atoms with E-state index < -0.39 is 0 Å². The summed E-state index contributed by atoms with van der Waals surface area (Å²) in [5.41, 5.74) is 5.66. The molecule has 4 aromatic rings. The Balaban J connectivity index is 1.58. The number of hydrogen-bond acceptors (Lipinski definition) is 5. The van der Waals surface area contributed by atoms with Crippen LogP contribution in [-0.2, 0) is 9.53 Å². The van der Waals surface area contributed by atoms with Gasteiger partial charge in [0.05, 0.1) is 18.8 Å². The summed E-state index contributed by atoms with van der Waals surface area (Å²) in [5, 5.41) is 6.95. The van der Waals surface area contributed by atoms with E-state index >= 15 is 0 Å². The van der Waals surface area contributed by atoms with Crippen LogP contribution in [0.1, 0.15) is 29.2 Å². The number of nitrogens with zero attached hydrogens (tertiary/aromatic N) is 3. The number of ether oxygens (including phenoxy) is 2. The van der Waals surface area contributed by atoms with Crippen LogP contribution in [0.5, 0.6) is 5.75 Å². The molecule has 194 valence electrons. The molecule has 0 spiro atoms. The fourth-order valence-electron chi connectivity index (χ4n) is 4.84. The number of carbonyl (C=O) groups excluding carboxylic acids is 1. The van der Waals surface area contributed by atoms with E-state index in [0.29, 0.717) is 10.8 Å². The molecule has 0 aliphatic carbocycles. The molecular weight excluding hydrogens is 498 g/mol. The molecule has 3 heterocycles. The highest BCUT2D eigenvalue weighted by Gasteiger charge is 2.42. The molecule has 9 heteroatoms. The molecule has 0 bridgehead atoms. The van der Waals surface area contributed by atoms with Crippen molar-refractivity contribution in [2.45, 2.75) is 19.0 Å². The Morgan fingerprint density at radius 2 is 1.74 bits per heavy atom. The minimum atomic E-state index is -0.209. The first-order chi connectivity index (χ1) is 18.5. The molecule has 5 rings (SSSR count). The van der Waals surface area contributed by atoms with Gasteiger partial charge >= 0.3 is 0 Å². The Kier molecular flexibility index (Phi) is 7.39. The van der Waals surface area contributed by atoms with Gasteiger partial charge in [-0.25, -0.2) is 0 Å². The third-order valence-corrected chi connectivity index (χ3v) is 6.86. The lowest BCUT2D eigenvalue weighted by molar-refractivity contribution is -0.119. The standard InChI is InChI=1S/C29H29N5O3S/c1-19-7-16-25(33(19)21-12-14-23(37-3)15-13-21)28-27(24-6-4-5-17-30-24)32-29(38)34(28)22-10-8-20(9-11-22)31-26(35)18-36-2/h4-17,27-28H,18H2,1-3H3,(H,31,35)(H,32,38)/t27-,28+/m0/s1. The Hall–Kier alpha value is -4.21. The van der Waals surface area contributed by atoms with E-state index in [1.807, 2.05) is 66.7 Å². The highest BCUT2D eigenvalue weighted by Crippen LogP contribution is 2.43. The molecule has 1 aliphatic rings. The normalized spacial score (nSPS) is 16.8. The van der Waals surface area contributed by atoms with Gasteiger partial charge in [0.1, 0.15) is 18.4 Å². The zero-order valence-electron chi connectivity index (χ0n) is 21.4. The van der Waals surface area contributed by atoms with Crippen molar-refractivity contribution >= 4 is 34.6 Å². The van der Waals surface area contributed by atoms with Crippen LogP contribution in [0, 0.1) is 6.92 Å². The second-order valence-corrected chi connectivity index (χ2v) is 9.34. The van der Waals surface area contributed by atoms with E-state index in [-0.39, 0.29) is 24.6 Å².